The van der Waals surface area contributed by atoms with Gasteiger partial charge in [0.05, 0.1) is 12.1 Å². The molecule has 3 amide bonds. The lowest BCUT2D eigenvalue weighted by Crippen LogP contribution is -2.49. The van der Waals surface area contributed by atoms with Gasteiger partial charge in [0, 0.05) is 0 Å². The highest BCUT2D eigenvalue weighted by molar-refractivity contribution is 6.07. The zero-order chi connectivity index (χ0) is 15.5. The van der Waals surface area contributed by atoms with Crippen molar-refractivity contribution in [3.05, 3.63) is 0 Å². The molecule has 0 bridgehead atoms. The molecule has 2 fully saturated rings. The number of β-amino-alcohol motifs (C(OH)–C–C–N with tert-alkyl or cyclic N) is 1. The average Bonchev–Trinajstić information content (AvgIpc) is 2.68. The second-order valence-electron chi connectivity index (χ2n) is 6.60. The Balaban J connectivity index is 2.15. The van der Waals surface area contributed by atoms with E-state index >= 15 is 0 Å². The third kappa shape index (κ3) is 3.23. The summed E-state index contributed by atoms with van der Waals surface area (Å²) in [5, 5.41) is 13.4. The molecule has 1 saturated heterocycles. The van der Waals surface area contributed by atoms with Gasteiger partial charge in [0.2, 0.25) is 0 Å². The maximum atomic E-state index is 12.8. The zero-order valence-corrected chi connectivity index (χ0v) is 13.3. The van der Waals surface area contributed by atoms with Crippen LogP contribution in [0.3, 0.4) is 0 Å². The zero-order valence-electron chi connectivity index (χ0n) is 13.3. The molecular formula is C16H28N2O3. The molecule has 1 aliphatic carbocycles. The van der Waals surface area contributed by atoms with Gasteiger partial charge in [-0.25, -0.2) is 4.79 Å². The Morgan fingerprint density at radius 3 is 2.14 bits per heavy atom. The van der Waals surface area contributed by atoms with Crippen LogP contribution in [-0.2, 0) is 4.79 Å². The van der Waals surface area contributed by atoms with Crippen molar-refractivity contribution in [2.24, 2.45) is 0 Å². The topological polar surface area (TPSA) is 69.6 Å². The van der Waals surface area contributed by atoms with E-state index in [2.05, 4.69) is 5.32 Å². The highest BCUT2D eigenvalue weighted by atomic mass is 16.3. The molecule has 1 spiro atoms. The number of hydrogen-bond donors (Lipinski definition) is 2. The minimum atomic E-state index is -0.972. The van der Waals surface area contributed by atoms with Gasteiger partial charge in [-0.2, -0.15) is 0 Å². The lowest BCUT2D eigenvalue weighted by atomic mass is 9.83. The molecule has 2 rings (SSSR count). The summed E-state index contributed by atoms with van der Waals surface area (Å²) in [6.07, 6.45) is 7.94. The Morgan fingerprint density at radius 1 is 1.10 bits per heavy atom. The molecule has 2 aliphatic rings. The van der Waals surface area contributed by atoms with E-state index in [-0.39, 0.29) is 18.5 Å². The maximum Gasteiger partial charge on any atom is 0.325 e. The summed E-state index contributed by atoms with van der Waals surface area (Å²) < 4.78 is 0. The molecule has 0 unspecified atom stereocenters. The maximum absolute atomic E-state index is 12.8. The van der Waals surface area contributed by atoms with E-state index in [4.69, 9.17) is 0 Å². The number of hydrogen-bond acceptors (Lipinski definition) is 3. The number of carbonyl (C=O) groups excluding carboxylic acids is 2. The van der Waals surface area contributed by atoms with E-state index in [1.54, 1.807) is 0 Å². The molecule has 1 saturated carbocycles. The molecule has 0 radical (unpaired) electrons. The number of aliphatic hydroxyl groups is 1. The summed E-state index contributed by atoms with van der Waals surface area (Å²) in [5.41, 5.74) is -1.68. The van der Waals surface area contributed by atoms with Crippen molar-refractivity contribution in [3.63, 3.8) is 0 Å². The van der Waals surface area contributed by atoms with Crippen LogP contribution in [-0.4, -0.2) is 39.6 Å². The SMILES string of the molecule is CCC(O)(CC)CN1C(=O)NC2(CCCCCCC2)C1=O. The molecule has 1 aliphatic heterocycles. The Morgan fingerprint density at radius 2 is 1.62 bits per heavy atom. The number of nitrogens with one attached hydrogen (secondary N) is 1. The Hall–Kier alpha value is -1.10. The highest BCUT2D eigenvalue weighted by Crippen LogP contribution is 2.33. The van der Waals surface area contributed by atoms with Crippen LogP contribution < -0.4 is 5.32 Å². The van der Waals surface area contributed by atoms with Gasteiger partial charge in [0.15, 0.2) is 0 Å². The average molecular weight is 296 g/mol. The predicted molar refractivity (Wildman–Crippen MR) is 80.8 cm³/mol. The highest BCUT2D eigenvalue weighted by Gasteiger charge is 2.51. The van der Waals surface area contributed by atoms with E-state index in [0.29, 0.717) is 12.8 Å². The molecule has 0 atom stereocenters. The van der Waals surface area contributed by atoms with E-state index in [1.807, 2.05) is 13.8 Å². The first-order chi connectivity index (χ1) is 9.96. The van der Waals surface area contributed by atoms with Crippen LogP contribution in [0.4, 0.5) is 4.79 Å². The van der Waals surface area contributed by atoms with Crippen molar-refractivity contribution < 1.29 is 14.7 Å². The second kappa shape index (κ2) is 6.34. The van der Waals surface area contributed by atoms with Gasteiger partial charge < -0.3 is 10.4 Å². The molecule has 21 heavy (non-hydrogen) atoms. The lowest BCUT2D eigenvalue weighted by molar-refractivity contribution is -0.134. The first kappa shape index (κ1) is 16.3. The van der Waals surface area contributed by atoms with Gasteiger partial charge in [-0.3, -0.25) is 9.69 Å². The smallest absolute Gasteiger partial charge is 0.325 e. The van der Waals surface area contributed by atoms with Crippen LogP contribution >= 0.6 is 0 Å². The molecule has 0 aromatic carbocycles. The van der Waals surface area contributed by atoms with Crippen LogP contribution in [0.25, 0.3) is 0 Å². The number of imide groups is 1. The van der Waals surface area contributed by atoms with Gasteiger partial charge in [-0.1, -0.05) is 46.0 Å². The van der Waals surface area contributed by atoms with Crippen molar-refractivity contribution in [1.82, 2.24) is 10.2 Å². The fraction of sp³-hybridized carbons (Fsp3) is 0.875. The van der Waals surface area contributed by atoms with Crippen LogP contribution in [0, 0.1) is 0 Å². The standard InChI is InChI=1S/C16H28N2O3/c1-3-15(21,4-2)12-18-13(19)16(17-14(18)20)10-8-6-5-7-9-11-16/h21H,3-12H2,1-2H3,(H,17,20). The van der Waals surface area contributed by atoms with Crippen molar-refractivity contribution >= 4 is 11.9 Å². The minimum absolute atomic E-state index is 0.104. The van der Waals surface area contributed by atoms with Crippen LogP contribution in [0.2, 0.25) is 0 Å². The summed E-state index contributed by atoms with van der Waals surface area (Å²) >= 11 is 0. The molecular weight excluding hydrogens is 268 g/mol. The summed E-state index contributed by atoms with van der Waals surface area (Å²) in [7, 11) is 0. The number of amides is 3. The Labute approximate surface area is 127 Å². The van der Waals surface area contributed by atoms with Crippen LogP contribution in [0.1, 0.15) is 71.6 Å². The summed E-state index contributed by atoms with van der Waals surface area (Å²) in [6, 6.07) is -0.333. The van der Waals surface area contributed by atoms with Crippen LogP contribution in [0.5, 0.6) is 0 Å². The molecule has 0 aromatic heterocycles. The van der Waals surface area contributed by atoms with E-state index in [9.17, 15) is 14.7 Å². The van der Waals surface area contributed by atoms with E-state index in [1.165, 1.54) is 11.3 Å². The van der Waals surface area contributed by atoms with Gasteiger partial charge in [0.1, 0.15) is 5.54 Å². The predicted octanol–water partition coefficient (Wildman–Crippen LogP) is 2.57. The van der Waals surface area contributed by atoms with Crippen molar-refractivity contribution in [2.75, 3.05) is 6.54 Å². The normalized spacial score (nSPS) is 23.1. The molecule has 2 N–H and O–H groups in total. The first-order valence-corrected chi connectivity index (χ1v) is 8.33. The minimum Gasteiger partial charge on any atom is -0.388 e. The number of rotatable bonds is 4. The quantitative estimate of drug-likeness (QED) is 0.783. The number of nitrogens with zero attached hydrogens (tertiary/aromatic N) is 1. The third-order valence-electron chi connectivity index (χ3n) is 5.22. The second-order valence-corrected chi connectivity index (χ2v) is 6.60. The Bertz CT molecular complexity index is 396. The largest absolute Gasteiger partial charge is 0.388 e. The number of urea groups is 1. The van der Waals surface area contributed by atoms with Crippen LogP contribution in [0.15, 0.2) is 0 Å². The fourth-order valence-electron chi connectivity index (χ4n) is 3.44. The monoisotopic (exact) mass is 296 g/mol. The molecule has 5 nitrogen and oxygen atoms in total. The Kier molecular flexibility index (Phi) is 4.91. The fourth-order valence-corrected chi connectivity index (χ4v) is 3.44. The lowest BCUT2D eigenvalue weighted by Gasteiger charge is -2.31. The van der Waals surface area contributed by atoms with Gasteiger partial charge in [-0.15, -0.1) is 0 Å². The summed E-state index contributed by atoms with van der Waals surface area (Å²) in [5.74, 6) is -0.130. The number of carbonyl (C=O) groups is 2. The molecule has 120 valence electrons. The third-order valence-corrected chi connectivity index (χ3v) is 5.22. The van der Waals surface area contributed by atoms with Gasteiger partial charge in [-0.05, 0) is 25.7 Å². The van der Waals surface area contributed by atoms with Gasteiger partial charge in [0.25, 0.3) is 5.91 Å². The summed E-state index contributed by atoms with van der Waals surface area (Å²) in [6.45, 7) is 3.87. The molecule has 1 heterocycles. The molecule has 0 aromatic rings. The van der Waals surface area contributed by atoms with Gasteiger partial charge >= 0.3 is 6.03 Å². The summed E-state index contributed by atoms with van der Waals surface area (Å²) in [4.78, 5) is 26.3. The van der Waals surface area contributed by atoms with E-state index in [0.717, 1.165) is 38.5 Å². The first-order valence-electron chi connectivity index (χ1n) is 8.33. The van der Waals surface area contributed by atoms with Crippen molar-refractivity contribution in [3.8, 4) is 0 Å². The van der Waals surface area contributed by atoms with Crippen molar-refractivity contribution in [1.29, 1.82) is 0 Å². The molecule has 5 heteroatoms. The van der Waals surface area contributed by atoms with Crippen molar-refractivity contribution in [2.45, 2.75) is 82.8 Å². The van der Waals surface area contributed by atoms with E-state index < -0.39 is 11.1 Å².